The minimum absolute atomic E-state index is 0.0581. The largest absolute Gasteiger partial charge is 0.395 e. The van der Waals surface area contributed by atoms with Crippen LogP contribution in [0.15, 0.2) is 11.2 Å². The summed E-state index contributed by atoms with van der Waals surface area (Å²) in [6.45, 7) is 1.51. The predicted octanol–water partition coefficient (Wildman–Crippen LogP) is 0.123. The molecule has 0 saturated carbocycles. The zero-order valence-corrected chi connectivity index (χ0v) is 10.6. The first-order chi connectivity index (χ1) is 7.42. The average Bonchev–Trinajstić information content (AvgIpc) is 2.55. The van der Waals surface area contributed by atoms with Crippen LogP contribution in [-0.4, -0.2) is 36.0 Å². The van der Waals surface area contributed by atoms with Gasteiger partial charge in [0.25, 0.3) is 10.0 Å². The van der Waals surface area contributed by atoms with Gasteiger partial charge in [0, 0.05) is 13.1 Å². The molecule has 16 heavy (non-hydrogen) atoms. The van der Waals surface area contributed by atoms with Gasteiger partial charge in [-0.2, -0.15) is 5.10 Å². The van der Waals surface area contributed by atoms with Crippen LogP contribution in [0.25, 0.3) is 0 Å². The quantitative estimate of drug-likeness (QED) is 0.794. The SMILES string of the molecule is CC[C@@H](CO)NS(=O)(=O)c1c(Cl)cnn1C. The van der Waals surface area contributed by atoms with Crippen molar-refractivity contribution in [3.63, 3.8) is 0 Å². The fourth-order valence-corrected chi connectivity index (χ4v) is 3.19. The zero-order valence-electron chi connectivity index (χ0n) is 9.01. The molecule has 6 nitrogen and oxygen atoms in total. The van der Waals surface area contributed by atoms with Gasteiger partial charge >= 0.3 is 0 Å². The van der Waals surface area contributed by atoms with Gasteiger partial charge in [0.1, 0.15) is 0 Å². The normalized spacial score (nSPS) is 14.0. The third-order valence-electron chi connectivity index (χ3n) is 2.13. The Morgan fingerprint density at radius 3 is 2.69 bits per heavy atom. The van der Waals surface area contributed by atoms with Crippen LogP contribution in [0.5, 0.6) is 0 Å². The topological polar surface area (TPSA) is 84.2 Å². The van der Waals surface area contributed by atoms with Crippen molar-refractivity contribution in [2.75, 3.05) is 6.61 Å². The van der Waals surface area contributed by atoms with E-state index in [2.05, 4.69) is 9.82 Å². The molecule has 0 unspecified atom stereocenters. The number of nitrogens with zero attached hydrogens (tertiary/aromatic N) is 2. The molecule has 1 aromatic heterocycles. The maximum Gasteiger partial charge on any atom is 0.259 e. The molecule has 0 saturated heterocycles. The fourth-order valence-electron chi connectivity index (χ4n) is 1.23. The Kier molecular flexibility index (Phi) is 4.31. The summed E-state index contributed by atoms with van der Waals surface area (Å²) in [6.07, 6.45) is 1.75. The van der Waals surface area contributed by atoms with Crippen molar-refractivity contribution < 1.29 is 13.5 Å². The van der Waals surface area contributed by atoms with Crippen molar-refractivity contribution in [3.8, 4) is 0 Å². The van der Waals surface area contributed by atoms with E-state index in [4.69, 9.17) is 16.7 Å². The van der Waals surface area contributed by atoms with Crippen molar-refractivity contribution in [3.05, 3.63) is 11.2 Å². The molecular formula is C8H14ClN3O3S. The van der Waals surface area contributed by atoms with Crippen molar-refractivity contribution in [2.24, 2.45) is 7.05 Å². The van der Waals surface area contributed by atoms with Crippen LogP contribution in [0, 0.1) is 0 Å². The van der Waals surface area contributed by atoms with Gasteiger partial charge in [-0.25, -0.2) is 13.1 Å². The van der Waals surface area contributed by atoms with E-state index in [-0.39, 0.29) is 16.7 Å². The van der Waals surface area contributed by atoms with Gasteiger partial charge in [-0.3, -0.25) is 4.68 Å². The monoisotopic (exact) mass is 267 g/mol. The van der Waals surface area contributed by atoms with E-state index in [0.29, 0.717) is 6.42 Å². The van der Waals surface area contributed by atoms with Gasteiger partial charge in [0.05, 0.1) is 17.8 Å². The summed E-state index contributed by atoms with van der Waals surface area (Å²) in [5, 5.41) is 12.6. The third-order valence-corrected chi connectivity index (χ3v) is 4.16. The number of aromatic nitrogens is 2. The number of hydrogen-bond donors (Lipinski definition) is 2. The fraction of sp³-hybridized carbons (Fsp3) is 0.625. The maximum absolute atomic E-state index is 11.9. The first-order valence-corrected chi connectivity index (χ1v) is 6.59. The number of sulfonamides is 1. The highest BCUT2D eigenvalue weighted by Crippen LogP contribution is 2.19. The van der Waals surface area contributed by atoms with Gasteiger partial charge in [-0.05, 0) is 6.42 Å². The Balaban J connectivity index is 3.03. The van der Waals surface area contributed by atoms with E-state index >= 15 is 0 Å². The maximum atomic E-state index is 11.9. The van der Waals surface area contributed by atoms with Crippen LogP contribution in [0.3, 0.4) is 0 Å². The Hall–Kier alpha value is -0.630. The molecule has 0 amide bonds. The van der Waals surface area contributed by atoms with Gasteiger partial charge in [0.2, 0.25) is 0 Å². The lowest BCUT2D eigenvalue weighted by molar-refractivity contribution is 0.253. The van der Waals surface area contributed by atoms with Crippen LogP contribution in [0.1, 0.15) is 13.3 Å². The first-order valence-electron chi connectivity index (χ1n) is 4.73. The van der Waals surface area contributed by atoms with E-state index in [1.807, 2.05) is 0 Å². The van der Waals surface area contributed by atoms with E-state index in [1.165, 1.54) is 17.9 Å². The van der Waals surface area contributed by atoms with Crippen molar-refractivity contribution in [2.45, 2.75) is 24.4 Å². The van der Waals surface area contributed by atoms with Crippen molar-refractivity contribution in [1.82, 2.24) is 14.5 Å². The molecule has 2 N–H and O–H groups in total. The number of aliphatic hydroxyl groups excluding tert-OH is 1. The lowest BCUT2D eigenvalue weighted by Crippen LogP contribution is -2.37. The summed E-state index contributed by atoms with van der Waals surface area (Å²) in [5.41, 5.74) is 0. The van der Waals surface area contributed by atoms with Crippen LogP contribution < -0.4 is 4.72 Å². The minimum Gasteiger partial charge on any atom is -0.395 e. The highest BCUT2D eigenvalue weighted by Gasteiger charge is 2.25. The summed E-state index contributed by atoms with van der Waals surface area (Å²) in [5.74, 6) is 0. The molecule has 1 heterocycles. The second-order valence-electron chi connectivity index (χ2n) is 3.33. The molecule has 92 valence electrons. The summed E-state index contributed by atoms with van der Waals surface area (Å²) >= 11 is 5.73. The molecule has 1 aromatic rings. The van der Waals surface area contributed by atoms with E-state index in [9.17, 15) is 8.42 Å². The number of halogens is 1. The number of aryl methyl sites for hydroxylation is 1. The van der Waals surface area contributed by atoms with Gasteiger partial charge < -0.3 is 5.11 Å². The van der Waals surface area contributed by atoms with Gasteiger partial charge in [-0.15, -0.1) is 0 Å². The standard InChI is InChI=1S/C8H14ClN3O3S/c1-3-6(5-13)11-16(14,15)8-7(9)4-10-12(8)2/h4,6,11,13H,3,5H2,1-2H3/t6-/m0/s1. The van der Waals surface area contributed by atoms with Gasteiger partial charge in [-0.1, -0.05) is 18.5 Å². The summed E-state index contributed by atoms with van der Waals surface area (Å²) in [6, 6.07) is -0.518. The molecule has 0 aliphatic heterocycles. The highest BCUT2D eigenvalue weighted by molar-refractivity contribution is 7.89. The molecule has 0 aliphatic carbocycles. The molecule has 0 aromatic carbocycles. The predicted molar refractivity (Wildman–Crippen MR) is 59.7 cm³/mol. The molecule has 0 spiro atoms. The number of hydrogen-bond acceptors (Lipinski definition) is 4. The molecule has 1 rings (SSSR count). The molecule has 0 fully saturated rings. The molecule has 8 heteroatoms. The van der Waals surface area contributed by atoms with Gasteiger partial charge in [0.15, 0.2) is 5.03 Å². The Morgan fingerprint density at radius 1 is 1.69 bits per heavy atom. The second-order valence-corrected chi connectivity index (χ2v) is 5.37. The van der Waals surface area contributed by atoms with Crippen molar-refractivity contribution >= 4 is 21.6 Å². The Labute approximate surface area is 99.3 Å². The van der Waals surface area contributed by atoms with Crippen LogP contribution in [0.2, 0.25) is 5.02 Å². The Bertz CT molecular complexity index is 434. The molecule has 0 radical (unpaired) electrons. The molecular weight excluding hydrogens is 254 g/mol. The van der Waals surface area contributed by atoms with E-state index in [1.54, 1.807) is 6.92 Å². The number of aliphatic hydroxyl groups is 1. The summed E-state index contributed by atoms with van der Waals surface area (Å²) in [7, 11) is -2.26. The van der Waals surface area contributed by atoms with E-state index < -0.39 is 16.1 Å². The molecule has 1 atom stereocenters. The minimum atomic E-state index is -3.74. The van der Waals surface area contributed by atoms with Crippen LogP contribution in [0.4, 0.5) is 0 Å². The molecule has 0 aliphatic rings. The Morgan fingerprint density at radius 2 is 2.31 bits per heavy atom. The smallest absolute Gasteiger partial charge is 0.259 e. The second kappa shape index (κ2) is 5.13. The first kappa shape index (κ1) is 13.4. The highest BCUT2D eigenvalue weighted by atomic mass is 35.5. The lowest BCUT2D eigenvalue weighted by Gasteiger charge is -2.14. The van der Waals surface area contributed by atoms with E-state index in [0.717, 1.165) is 0 Å². The lowest BCUT2D eigenvalue weighted by atomic mass is 10.3. The number of rotatable bonds is 5. The van der Waals surface area contributed by atoms with Crippen molar-refractivity contribution in [1.29, 1.82) is 0 Å². The zero-order chi connectivity index (χ0) is 12.3. The number of nitrogens with one attached hydrogen (secondary N) is 1. The summed E-state index contributed by atoms with van der Waals surface area (Å²) < 4.78 is 27.3. The van der Waals surface area contributed by atoms with Crippen LogP contribution in [-0.2, 0) is 17.1 Å². The average molecular weight is 268 g/mol. The molecule has 0 bridgehead atoms. The summed E-state index contributed by atoms with van der Waals surface area (Å²) in [4.78, 5) is 0. The third kappa shape index (κ3) is 2.73. The van der Waals surface area contributed by atoms with Crippen LogP contribution >= 0.6 is 11.6 Å².